The number of hydroxylamine groups is 1. The number of hydrogen-bond donors (Lipinski definition) is 12. The smallest absolute Gasteiger partial charge is 0.411 e. The number of aliphatic hydroxyl groups excluding tert-OH is 4. The summed E-state index contributed by atoms with van der Waals surface area (Å²) in [7, 11) is 9.50. The molecule has 2 aromatic carbocycles. The van der Waals surface area contributed by atoms with Crippen molar-refractivity contribution < 1.29 is 135 Å². The minimum Gasteiger partial charge on any atom is -0.492 e. The van der Waals surface area contributed by atoms with Gasteiger partial charge in [0.05, 0.1) is 115 Å². The molecule has 36 nitrogen and oxygen atoms in total. The summed E-state index contributed by atoms with van der Waals surface area (Å²) in [6.45, 7) is 16.1. The largest absolute Gasteiger partial charge is 0.492 e. The first-order chi connectivity index (χ1) is 56.3. The lowest BCUT2D eigenvalue weighted by Gasteiger charge is -2.47. The van der Waals surface area contributed by atoms with Crippen LogP contribution in [0.3, 0.4) is 0 Å². The van der Waals surface area contributed by atoms with Crippen molar-refractivity contribution in [2.75, 3.05) is 66.3 Å². The number of amides is 6. The number of thioether (sulfide) groups is 1. The summed E-state index contributed by atoms with van der Waals surface area (Å²) >= 11 is 2.75. The van der Waals surface area contributed by atoms with Crippen molar-refractivity contribution in [1.82, 2.24) is 26.3 Å². The van der Waals surface area contributed by atoms with E-state index in [4.69, 9.17) is 77.9 Å². The molecule has 2 bridgehead atoms. The molecule has 4 heterocycles. The summed E-state index contributed by atoms with van der Waals surface area (Å²) in [5.41, 5.74) is 12.5. The first kappa shape index (κ1) is 97.2. The van der Waals surface area contributed by atoms with Crippen molar-refractivity contribution >= 4 is 114 Å². The molecule has 4 fully saturated rings. The van der Waals surface area contributed by atoms with E-state index in [9.17, 15) is 68.7 Å². The van der Waals surface area contributed by atoms with Crippen LogP contribution in [-0.4, -0.2) is 276 Å². The second kappa shape index (κ2) is 44.2. The zero-order valence-corrected chi connectivity index (χ0v) is 73.2. The molecule has 22 atom stereocenters. The lowest BCUT2D eigenvalue weighted by molar-refractivity contribution is -0.337. The Bertz CT molecular complexity index is 4200. The number of allylic oxidation sites excluding steroid dienone is 3. The van der Waals surface area contributed by atoms with Crippen LogP contribution in [0.2, 0.25) is 0 Å². The Morgan fingerprint density at radius 2 is 1.50 bits per heavy atom. The first-order valence-electron chi connectivity index (χ1n) is 38.2. The topological polar surface area (TPSA) is 499 Å². The van der Waals surface area contributed by atoms with Crippen LogP contribution in [-0.2, 0) is 87.6 Å². The van der Waals surface area contributed by atoms with Crippen LogP contribution in [0, 0.1) is 40.1 Å². The van der Waals surface area contributed by atoms with Crippen molar-refractivity contribution in [2.24, 2.45) is 17.4 Å². The number of carbonyl (C=O) groups is 9. The zero-order valence-electron chi connectivity index (χ0n) is 68.6. The summed E-state index contributed by atoms with van der Waals surface area (Å²) in [6, 6.07) is 2.12. The standard InChI is InChI=1S/C79H107IN8O28S3/c1-16-88(54(93)34-83-76(100)109-35-43-22-24-45(25-23-43)85-72(98)44(30-53(82)92)29-48(89)39(4)84-71(97)38(3)81)47-36-108-55(32-52(47)103-11)114-68-63(95)60(40(5)111-75(68)113-51-21-19-17-18-20-27-79(102)33-50(91)61(86-77(101)107-15)58(51)46(79)26-28-117-119-78(8,9)10)87-116-56-31-49(90)70(42(7)110-56)118-73(99)57-37(2)59(80)66(69(106-14)65(57)104-12)115-74-64(96)67(105-13)62(94)41(6)112-74/h17-18,22-26,38-42,44,47,49,51-52,55-56,60,62-64,67-68,70,74-75,87,90,94-96,102H,16,28-36,81H2,1-15H3,(H2,82,92)(H,83,100)(H,84,97)(H,85,98)(H,86,101)/b18-17-,46-26+/t38-,39-,40?,41?,42?,44-,47?,49?,51-,52?,55?,56?,60?,62?,63?,64?,67?,68?,70?,74?,75?,79-/m0/s1. The van der Waals surface area contributed by atoms with Crippen molar-refractivity contribution in [3.8, 4) is 40.9 Å². The molecule has 14 N–H and O–H groups in total. The Kier molecular flexibility index (Phi) is 36.1. The maximum Gasteiger partial charge on any atom is 0.411 e. The highest BCUT2D eigenvalue weighted by atomic mass is 127. The van der Waals surface area contributed by atoms with E-state index in [-0.39, 0.29) is 88.4 Å². The van der Waals surface area contributed by atoms with Crippen molar-refractivity contribution in [3.63, 3.8) is 0 Å². The van der Waals surface area contributed by atoms with Gasteiger partial charge in [-0.15, -0.1) is 0 Å². The number of primary amides is 1. The van der Waals surface area contributed by atoms with Crippen LogP contribution in [0.15, 0.2) is 59.3 Å². The number of nitrogens with zero attached hydrogens (tertiary/aromatic N) is 1. The van der Waals surface area contributed by atoms with Crippen LogP contribution in [0.1, 0.15) is 116 Å². The number of alkyl carbamates (subject to hydrolysis) is 2. The van der Waals surface area contributed by atoms with Crippen LogP contribution in [0.25, 0.3) is 0 Å². The second-order valence-corrected chi connectivity index (χ2v) is 35.2. The first-order valence-corrected chi connectivity index (χ1v) is 42.5. The van der Waals surface area contributed by atoms with Gasteiger partial charge in [0.15, 0.2) is 47.5 Å². The Labute approximate surface area is 715 Å². The van der Waals surface area contributed by atoms with Gasteiger partial charge >= 0.3 is 12.2 Å². The van der Waals surface area contributed by atoms with Gasteiger partial charge in [-0.1, -0.05) is 96.0 Å². The van der Waals surface area contributed by atoms with Gasteiger partial charge in [0.2, 0.25) is 40.8 Å². The molecule has 40 heteroatoms. The van der Waals surface area contributed by atoms with Crippen LogP contribution >= 0.6 is 55.9 Å². The number of nitrogens with one attached hydrogen (secondary N) is 5. The monoisotopic (exact) mass is 1840 g/mol. The van der Waals surface area contributed by atoms with E-state index in [0.29, 0.717) is 14.7 Å². The van der Waals surface area contributed by atoms with Gasteiger partial charge in [0, 0.05) is 73.8 Å². The molecule has 4 aliphatic heterocycles. The fourth-order valence-electron chi connectivity index (χ4n) is 13.8. The molecule has 0 radical (unpaired) electrons. The fourth-order valence-corrected chi connectivity index (χ4v) is 17.7. The average molecular weight is 1840 g/mol. The molecule has 6 amide bonds. The van der Waals surface area contributed by atoms with E-state index in [1.54, 1.807) is 63.6 Å². The number of anilines is 1. The second-order valence-electron chi connectivity index (χ2n) is 29.8. The van der Waals surface area contributed by atoms with E-state index in [0.717, 1.165) is 18.9 Å². The number of benzene rings is 2. The Hall–Kier alpha value is -7.25. The normalized spacial score (nSPS) is 29.5. The van der Waals surface area contributed by atoms with Crippen molar-refractivity contribution in [1.29, 1.82) is 0 Å². The number of rotatable bonds is 34. The van der Waals surface area contributed by atoms with Crippen LogP contribution < -0.4 is 52.4 Å². The number of aliphatic hydroxyl groups is 5. The Morgan fingerprint density at radius 3 is 2.13 bits per heavy atom. The predicted octanol–water partition coefficient (Wildman–Crippen LogP) is 3.12. The van der Waals surface area contributed by atoms with E-state index in [1.807, 2.05) is 43.4 Å². The highest BCUT2D eigenvalue weighted by Crippen LogP contribution is 2.49. The van der Waals surface area contributed by atoms with Gasteiger partial charge in [-0.3, -0.25) is 43.7 Å². The summed E-state index contributed by atoms with van der Waals surface area (Å²) in [6.07, 6.45) is -18.5. The molecule has 0 saturated carbocycles. The van der Waals surface area contributed by atoms with E-state index in [1.165, 1.54) is 82.3 Å². The van der Waals surface area contributed by atoms with Crippen LogP contribution in [0.5, 0.6) is 17.2 Å². The average Bonchev–Trinajstić information content (AvgIpc) is 0.753. The lowest BCUT2D eigenvalue weighted by Crippen LogP contribution is -2.65. The fraction of sp³-hybridized carbons (Fsp3) is 0.608. The molecule has 119 heavy (non-hydrogen) atoms. The lowest BCUT2D eigenvalue weighted by atomic mass is 9.75. The molecule has 6 aliphatic rings. The minimum atomic E-state index is -2.17. The number of fused-ring (bicyclic) bond motifs is 2. The van der Waals surface area contributed by atoms with Crippen molar-refractivity contribution in [3.05, 3.63) is 79.6 Å². The molecular weight excluding hydrogens is 1730 g/mol. The number of halogens is 1. The van der Waals surface area contributed by atoms with Crippen molar-refractivity contribution in [2.45, 2.75) is 240 Å². The molecule has 2 aliphatic carbocycles. The Balaban J connectivity index is 0.986. The molecule has 0 spiro atoms. The summed E-state index contributed by atoms with van der Waals surface area (Å²) in [4.78, 5) is 127. The number of carbonyl (C=O) groups excluding carboxylic acids is 9. The van der Waals surface area contributed by atoms with E-state index in [2.05, 4.69) is 50.4 Å². The maximum absolute atomic E-state index is 14.6. The Morgan fingerprint density at radius 1 is 0.815 bits per heavy atom. The molecule has 656 valence electrons. The minimum absolute atomic E-state index is 0.0100. The third-order valence-corrected chi connectivity index (χ3v) is 25.9. The SMILES string of the molecule is CCN(C(=O)CNC(=O)OCc1ccc(NC(=O)[C@H](CC(N)=O)CC(=O)[C@H](C)NC(=O)[C@H](C)N)cc1)C1COC(OC2C(O[C@H]3C#C/C=C\C#C[C@]4(O)CC(=O)C(NC(=O)OC)=C3/C4=C\CSSC(C)(C)C)OC(C)C(NOC3CC(O)C(SC(=O)c4c(C)c(I)c(OC5OC(C)C(O)C(OC)C5O)c(OC)c4OC)C(C)O3)C2O)CC1OC. The number of nitrogens with two attached hydrogens (primary N) is 2. The van der Waals surface area contributed by atoms with Gasteiger partial charge in [0.25, 0.3) is 0 Å². The zero-order chi connectivity index (χ0) is 87.7. The maximum atomic E-state index is 14.6. The number of Topliss-reactive ketones (excluding diaryl/α,β-unsaturated/α-hetero) is 2. The van der Waals surface area contributed by atoms with Gasteiger partial charge in [-0.05, 0) is 106 Å². The molecule has 4 saturated heterocycles. The summed E-state index contributed by atoms with van der Waals surface area (Å²) < 4.78 is 78.6. The third-order valence-electron chi connectivity index (χ3n) is 20.0. The number of ketones is 2. The van der Waals surface area contributed by atoms with E-state index >= 15 is 0 Å². The number of hydrogen-bond acceptors (Lipinski definition) is 33. The summed E-state index contributed by atoms with van der Waals surface area (Å²) in [5.74, 6) is 6.62. The van der Waals surface area contributed by atoms with E-state index < -0.39 is 212 Å². The third kappa shape index (κ3) is 25.3. The molecule has 8 rings (SSSR count). The number of methoxy groups -OCH3 is 5. The quantitative estimate of drug-likeness (QED) is 0.0157. The molecule has 17 unspecified atom stereocenters. The molecule has 2 aromatic rings. The van der Waals surface area contributed by atoms with Gasteiger partial charge in [-0.2, -0.15) is 5.48 Å². The van der Waals surface area contributed by atoms with Gasteiger partial charge < -0.3 is 119 Å². The summed E-state index contributed by atoms with van der Waals surface area (Å²) in [5, 5.41) is 67.8. The van der Waals surface area contributed by atoms with Gasteiger partial charge in [0.1, 0.15) is 49.8 Å². The highest BCUT2D eigenvalue weighted by molar-refractivity contribution is 14.1. The number of ether oxygens (including phenoxy) is 13. The molecule has 0 aromatic heterocycles. The van der Waals surface area contributed by atoms with Gasteiger partial charge in [-0.25, -0.2) is 9.59 Å². The highest BCUT2D eigenvalue weighted by Gasteiger charge is 2.53. The van der Waals surface area contributed by atoms with Crippen LogP contribution in [0.4, 0.5) is 15.3 Å². The molecular formula is C79H107IN8O28S3. The predicted molar refractivity (Wildman–Crippen MR) is 441 cm³/mol. The number of likely N-dealkylation sites (N-methyl/N-ethyl adjacent to an activating group) is 1.